The Morgan fingerprint density at radius 1 is 1.57 bits per heavy atom. The van der Waals surface area contributed by atoms with Gasteiger partial charge in [-0.2, -0.15) is 5.26 Å². The van der Waals surface area contributed by atoms with Gasteiger partial charge in [-0.25, -0.2) is 0 Å². The fourth-order valence-electron chi connectivity index (χ4n) is 1.60. The van der Waals surface area contributed by atoms with Crippen molar-refractivity contribution in [1.29, 1.82) is 5.26 Å². The molecule has 1 aromatic heterocycles. The zero-order valence-corrected chi connectivity index (χ0v) is 11.9. The van der Waals surface area contributed by atoms with Crippen LogP contribution in [0.15, 0.2) is 18.2 Å². The second kappa shape index (κ2) is 6.62. The minimum absolute atomic E-state index is 0.0611. The highest BCUT2D eigenvalue weighted by atomic mass is 32.1. The second-order valence-electron chi connectivity index (χ2n) is 3.92. The van der Waals surface area contributed by atoms with E-state index in [9.17, 15) is 10.1 Å². The number of hydrogen-bond acceptors (Lipinski definition) is 8. The Labute approximate surface area is 124 Å². The second-order valence-corrected chi connectivity index (χ2v) is 4.67. The summed E-state index contributed by atoms with van der Waals surface area (Å²) in [5.74, 6) is 0.0921. The van der Waals surface area contributed by atoms with E-state index in [1.807, 2.05) is 13.0 Å². The van der Waals surface area contributed by atoms with Gasteiger partial charge >= 0.3 is 5.69 Å². The molecule has 0 saturated heterocycles. The number of hydrogen-bond donors (Lipinski definition) is 1. The maximum Gasteiger partial charge on any atom is 0.312 e. The first-order chi connectivity index (χ1) is 10.2. The molecule has 108 valence electrons. The summed E-state index contributed by atoms with van der Waals surface area (Å²) in [6.07, 6.45) is 0. The van der Waals surface area contributed by atoms with Crippen LogP contribution >= 0.6 is 11.5 Å². The number of nitro benzene ring substituents is 1. The standard InChI is InChI=1S/C12H11N5O3S/c1-2-14-12-9(15-16-21-12)7-20-11-4-3-8(6-13)5-10(11)17(18)19/h3-5,14H,2,7H2,1H3. The first-order valence-electron chi connectivity index (χ1n) is 6.02. The van der Waals surface area contributed by atoms with Crippen LogP contribution in [0.3, 0.4) is 0 Å². The summed E-state index contributed by atoms with van der Waals surface area (Å²) in [6, 6.07) is 5.91. The highest BCUT2D eigenvalue weighted by Crippen LogP contribution is 2.29. The van der Waals surface area contributed by atoms with Gasteiger partial charge in [0.05, 0.1) is 16.6 Å². The number of nitrogens with zero attached hydrogens (tertiary/aromatic N) is 4. The number of benzene rings is 1. The van der Waals surface area contributed by atoms with Crippen LogP contribution in [0.4, 0.5) is 10.7 Å². The number of anilines is 1. The molecule has 2 rings (SSSR count). The minimum Gasteiger partial charge on any atom is -0.480 e. The van der Waals surface area contributed by atoms with Crippen molar-refractivity contribution in [3.8, 4) is 11.8 Å². The third-order valence-electron chi connectivity index (χ3n) is 2.54. The summed E-state index contributed by atoms with van der Waals surface area (Å²) in [6.45, 7) is 2.72. The van der Waals surface area contributed by atoms with Crippen LogP contribution < -0.4 is 10.1 Å². The molecule has 9 heteroatoms. The molecule has 0 saturated carbocycles. The van der Waals surface area contributed by atoms with E-state index in [1.165, 1.54) is 29.7 Å². The van der Waals surface area contributed by atoms with Gasteiger partial charge in [-0.3, -0.25) is 10.1 Å². The van der Waals surface area contributed by atoms with E-state index in [-0.39, 0.29) is 23.6 Å². The summed E-state index contributed by atoms with van der Waals surface area (Å²) in [5, 5.41) is 27.5. The normalized spacial score (nSPS) is 9.90. The van der Waals surface area contributed by atoms with E-state index in [0.29, 0.717) is 12.2 Å². The van der Waals surface area contributed by atoms with Crippen molar-refractivity contribution < 1.29 is 9.66 Å². The van der Waals surface area contributed by atoms with E-state index in [1.54, 1.807) is 0 Å². The molecule has 0 bridgehead atoms. The van der Waals surface area contributed by atoms with Crippen LogP contribution in [-0.2, 0) is 6.61 Å². The maximum atomic E-state index is 11.0. The van der Waals surface area contributed by atoms with E-state index in [2.05, 4.69) is 14.9 Å². The Balaban J connectivity index is 2.18. The lowest BCUT2D eigenvalue weighted by Crippen LogP contribution is -2.03. The lowest BCUT2D eigenvalue weighted by molar-refractivity contribution is -0.386. The van der Waals surface area contributed by atoms with Crippen molar-refractivity contribution in [2.75, 3.05) is 11.9 Å². The van der Waals surface area contributed by atoms with Crippen molar-refractivity contribution in [3.05, 3.63) is 39.6 Å². The predicted molar refractivity (Wildman–Crippen MR) is 76.2 cm³/mol. The summed E-state index contributed by atoms with van der Waals surface area (Å²) >= 11 is 1.20. The zero-order chi connectivity index (χ0) is 15.2. The lowest BCUT2D eigenvalue weighted by atomic mass is 10.2. The number of nitro groups is 1. The van der Waals surface area contributed by atoms with Crippen molar-refractivity contribution in [3.63, 3.8) is 0 Å². The van der Waals surface area contributed by atoms with Crippen LogP contribution in [-0.4, -0.2) is 21.1 Å². The van der Waals surface area contributed by atoms with Gasteiger partial charge in [0.1, 0.15) is 17.3 Å². The molecule has 0 amide bonds. The van der Waals surface area contributed by atoms with Gasteiger partial charge in [0, 0.05) is 24.1 Å². The number of ether oxygens (including phenoxy) is 1. The molecular weight excluding hydrogens is 294 g/mol. The van der Waals surface area contributed by atoms with Crippen LogP contribution in [0.5, 0.6) is 5.75 Å². The Morgan fingerprint density at radius 3 is 3.05 bits per heavy atom. The summed E-state index contributed by atoms with van der Waals surface area (Å²) in [4.78, 5) is 10.4. The monoisotopic (exact) mass is 305 g/mol. The van der Waals surface area contributed by atoms with Gasteiger partial charge in [-0.05, 0) is 19.1 Å². The molecule has 2 aromatic rings. The first kappa shape index (κ1) is 14.7. The van der Waals surface area contributed by atoms with E-state index < -0.39 is 4.92 Å². The molecule has 21 heavy (non-hydrogen) atoms. The van der Waals surface area contributed by atoms with Crippen LogP contribution in [0.2, 0.25) is 0 Å². The van der Waals surface area contributed by atoms with Gasteiger partial charge in [-0.15, -0.1) is 5.10 Å². The quantitative estimate of drug-likeness (QED) is 0.643. The molecule has 0 fully saturated rings. The largest absolute Gasteiger partial charge is 0.480 e. The Kier molecular flexibility index (Phi) is 4.63. The Hall–Kier alpha value is -2.73. The van der Waals surface area contributed by atoms with Crippen molar-refractivity contribution in [1.82, 2.24) is 9.59 Å². The SMILES string of the molecule is CCNc1snnc1COc1ccc(C#N)cc1[N+](=O)[O-]. The molecule has 0 aliphatic carbocycles. The maximum absolute atomic E-state index is 11.0. The fourth-order valence-corrected chi connectivity index (χ4v) is 2.23. The third-order valence-corrected chi connectivity index (χ3v) is 3.27. The molecule has 0 aliphatic rings. The molecule has 8 nitrogen and oxygen atoms in total. The van der Waals surface area contributed by atoms with Crippen molar-refractivity contribution in [2.24, 2.45) is 0 Å². The smallest absolute Gasteiger partial charge is 0.312 e. The van der Waals surface area contributed by atoms with Gasteiger partial charge in [-0.1, -0.05) is 4.49 Å². The Morgan fingerprint density at radius 2 is 2.38 bits per heavy atom. The molecule has 1 aromatic carbocycles. The Bertz CT molecular complexity index is 694. The third kappa shape index (κ3) is 3.43. The molecule has 1 N–H and O–H groups in total. The number of nitrogens with one attached hydrogen (secondary N) is 1. The molecule has 0 aliphatic heterocycles. The minimum atomic E-state index is -0.583. The average Bonchev–Trinajstić information content (AvgIpc) is 2.92. The predicted octanol–water partition coefficient (Wildman–Crippen LogP) is 2.33. The van der Waals surface area contributed by atoms with Crippen LogP contribution in [0.25, 0.3) is 0 Å². The van der Waals surface area contributed by atoms with Gasteiger partial charge in [0.2, 0.25) is 0 Å². The number of rotatable bonds is 6. The molecule has 0 atom stereocenters. The molecular formula is C12H11N5O3S. The molecule has 0 spiro atoms. The van der Waals surface area contributed by atoms with Crippen molar-refractivity contribution in [2.45, 2.75) is 13.5 Å². The van der Waals surface area contributed by atoms with Crippen LogP contribution in [0.1, 0.15) is 18.2 Å². The van der Waals surface area contributed by atoms with E-state index in [0.717, 1.165) is 5.00 Å². The highest BCUT2D eigenvalue weighted by Gasteiger charge is 2.17. The van der Waals surface area contributed by atoms with Gasteiger partial charge in [0.25, 0.3) is 0 Å². The first-order valence-corrected chi connectivity index (χ1v) is 6.79. The van der Waals surface area contributed by atoms with Gasteiger partial charge < -0.3 is 10.1 Å². The summed E-state index contributed by atoms with van der Waals surface area (Å²) in [5.41, 5.74) is 0.542. The lowest BCUT2D eigenvalue weighted by Gasteiger charge is -2.06. The summed E-state index contributed by atoms with van der Waals surface area (Å²) < 4.78 is 9.25. The molecule has 0 radical (unpaired) electrons. The zero-order valence-electron chi connectivity index (χ0n) is 11.1. The molecule has 1 heterocycles. The summed E-state index contributed by atoms with van der Waals surface area (Å²) in [7, 11) is 0. The number of aromatic nitrogens is 2. The fraction of sp³-hybridized carbons (Fsp3) is 0.250. The topological polar surface area (TPSA) is 114 Å². The van der Waals surface area contributed by atoms with Crippen LogP contribution in [0, 0.1) is 21.4 Å². The van der Waals surface area contributed by atoms with E-state index >= 15 is 0 Å². The van der Waals surface area contributed by atoms with Crippen molar-refractivity contribution >= 4 is 22.2 Å². The number of nitriles is 1. The van der Waals surface area contributed by atoms with Gasteiger partial charge in [0.15, 0.2) is 5.75 Å². The average molecular weight is 305 g/mol. The highest BCUT2D eigenvalue weighted by molar-refractivity contribution is 7.10. The molecule has 0 unspecified atom stereocenters. The van der Waals surface area contributed by atoms with E-state index in [4.69, 9.17) is 10.00 Å².